The van der Waals surface area contributed by atoms with Gasteiger partial charge in [-0.2, -0.15) is 13.2 Å². The fraction of sp³-hybridized carbons (Fsp3) is 0.500. The summed E-state index contributed by atoms with van der Waals surface area (Å²) in [6, 6.07) is 0. The van der Waals surface area contributed by atoms with Crippen LogP contribution in [-0.2, 0) is 0 Å². The molecule has 0 fully saturated rings. The minimum Gasteiger partial charge on any atom is -0.166 e. The minimum atomic E-state index is -4.36. The molecule has 0 radical (unpaired) electrons. The molecule has 12 heavy (non-hydrogen) atoms. The van der Waals surface area contributed by atoms with Crippen LogP contribution >= 0.6 is 11.6 Å². The quantitative estimate of drug-likeness (QED) is 0.558. The summed E-state index contributed by atoms with van der Waals surface area (Å²) >= 11 is 5.29. The first-order chi connectivity index (χ1) is 5.25. The first-order valence-corrected chi connectivity index (χ1v) is 3.71. The second-order valence-corrected chi connectivity index (χ2v) is 3.23. The molecule has 0 aromatic heterocycles. The van der Waals surface area contributed by atoms with E-state index >= 15 is 0 Å². The number of alkyl halides is 3. The van der Waals surface area contributed by atoms with Gasteiger partial charge in [0.1, 0.15) is 0 Å². The summed E-state index contributed by atoms with van der Waals surface area (Å²) in [6.45, 7) is 4.40. The van der Waals surface area contributed by atoms with E-state index in [9.17, 15) is 13.2 Å². The predicted octanol–water partition coefficient (Wildman–Crippen LogP) is 4.03. The van der Waals surface area contributed by atoms with E-state index in [0.29, 0.717) is 5.57 Å². The van der Waals surface area contributed by atoms with Crippen LogP contribution in [0.1, 0.15) is 20.8 Å². The molecule has 0 spiro atoms. The normalized spacial score (nSPS) is 13.9. The van der Waals surface area contributed by atoms with E-state index in [-0.39, 0.29) is 5.03 Å². The van der Waals surface area contributed by atoms with E-state index in [0.717, 1.165) is 6.08 Å². The molecule has 0 aromatic rings. The maximum Gasteiger partial charge on any atom is 0.417 e. The van der Waals surface area contributed by atoms with Gasteiger partial charge in [-0.1, -0.05) is 23.3 Å². The summed E-state index contributed by atoms with van der Waals surface area (Å²) in [6.07, 6.45) is -3.33. The average molecular weight is 199 g/mol. The van der Waals surface area contributed by atoms with E-state index in [1.807, 2.05) is 0 Å². The van der Waals surface area contributed by atoms with E-state index < -0.39 is 11.7 Å². The van der Waals surface area contributed by atoms with E-state index in [2.05, 4.69) is 0 Å². The molecule has 0 rings (SSSR count). The summed E-state index contributed by atoms with van der Waals surface area (Å²) in [4.78, 5) is 0. The molecule has 70 valence electrons. The Morgan fingerprint density at radius 2 is 1.58 bits per heavy atom. The lowest BCUT2D eigenvalue weighted by molar-refractivity contribution is -0.0886. The topological polar surface area (TPSA) is 0 Å². The highest BCUT2D eigenvalue weighted by Crippen LogP contribution is 2.31. The van der Waals surface area contributed by atoms with E-state index in [4.69, 9.17) is 11.6 Å². The number of rotatable bonds is 1. The number of halogens is 4. The lowest BCUT2D eigenvalue weighted by atomic mass is 10.2. The zero-order valence-corrected chi connectivity index (χ0v) is 7.85. The third-order valence-corrected chi connectivity index (χ3v) is 1.31. The molecular weight excluding hydrogens is 189 g/mol. The second kappa shape index (κ2) is 3.99. The van der Waals surface area contributed by atoms with Gasteiger partial charge in [-0.05, 0) is 20.8 Å². The molecule has 0 bridgehead atoms. The Balaban J connectivity index is 4.99. The van der Waals surface area contributed by atoms with Crippen LogP contribution in [0.5, 0.6) is 0 Å². The fourth-order valence-corrected chi connectivity index (χ4v) is 0.827. The summed E-state index contributed by atoms with van der Waals surface area (Å²) < 4.78 is 36.4. The zero-order valence-electron chi connectivity index (χ0n) is 7.09. The Morgan fingerprint density at radius 1 is 1.17 bits per heavy atom. The predicted molar refractivity (Wildman–Crippen MR) is 44.0 cm³/mol. The van der Waals surface area contributed by atoms with Crippen LogP contribution in [-0.4, -0.2) is 6.18 Å². The molecule has 0 aliphatic rings. The number of hydrogen-bond donors (Lipinski definition) is 0. The van der Waals surface area contributed by atoms with Crippen molar-refractivity contribution in [3.63, 3.8) is 0 Å². The van der Waals surface area contributed by atoms with E-state index in [1.165, 1.54) is 6.92 Å². The molecule has 0 nitrogen and oxygen atoms in total. The summed E-state index contributed by atoms with van der Waals surface area (Å²) in [5.74, 6) is 0. The Bertz CT molecular complexity index is 215. The average Bonchev–Trinajstić information content (AvgIpc) is 1.79. The highest BCUT2D eigenvalue weighted by atomic mass is 35.5. The molecule has 0 atom stereocenters. The highest BCUT2D eigenvalue weighted by Gasteiger charge is 2.33. The monoisotopic (exact) mass is 198 g/mol. The summed E-state index contributed by atoms with van der Waals surface area (Å²) in [5, 5.41) is -0.233. The van der Waals surface area contributed by atoms with Crippen molar-refractivity contribution < 1.29 is 13.2 Å². The maximum atomic E-state index is 12.1. The van der Waals surface area contributed by atoms with Crippen molar-refractivity contribution in [2.45, 2.75) is 26.9 Å². The van der Waals surface area contributed by atoms with Crippen LogP contribution < -0.4 is 0 Å². The van der Waals surface area contributed by atoms with Crippen LogP contribution in [0.25, 0.3) is 0 Å². The van der Waals surface area contributed by atoms with Gasteiger partial charge in [0.15, 0.2) is 0 Å². The van der Waals surface area contributed by atoms with Crippen LogP contribution in [0.4, 0.5) is 13.2 Å². The van der Waals surface area contributed by atoms with Crippen molar-refractivity contribution in [2.75, 3.05) is 0 Å². The number of hydrogen-bond acceptors (Lipinski definition) is 0. The number of allylic oxidation sites excluding steroid dienone is 4. The standard InChI is InChI=1S/C8H10ClF3/c1-5(2)4-7(6(3)9)8(10,11)12/h4H,1-3H3/b7-6-. The largest absolute Gasteiger partial charge is 0.417 e. The molecule has 0 saturated heterocycles. The molecule has 0 N–H and O–H groups in total. The Hall–Kier alpha value is -0.440. The first kappa shape index (κ1) is 11.6. The van der Waals surface area contributed by atoms with Gasteiger partial charge in [-0.25, -0.2) is 0 Å². The van der Waals surface area contributed by atoms with Crippen molar-refractivity contribution >= 4 is 11.6 Å². The van der Waals surface area contributed by atoms with Crippen LogP contribution in [0.15, 0.2) is 22.3 Å². The van der Waals surface area contributed by atoms with Crippen molar-refractivity contribution in [1.29, 1.82) is 0 Å². The lowest BCUT2D eigenvalue weighted by Gasteiger charge is -2.08. The molecule has 4 heteroatoms. The minimum absolute atomic E-state index is 0.233. The van der Waals surface area contributed by atoms with Gasteiger partial charge >= 0.3 is 6.18 Å². The molecule has 0 unspecified atom stereocenters. The van der Waals surface area contributed by atoms with Crippen molar-refractivity contribution in [3.05, 3.63) is 22.3 Å². The first-order valence-electron chi connectivity index (χ1n) is 3.33. The SMILES string of the molecule is CC(C)=C/C(=C(\C)Cl)C(F)(F)F. The van der Waals surface area contributed by atoms with Crippen molar-refractivity contribution in [1.82, 2.24) is 0 Å². The van der Waals surface area contributed by atoms with Gasteiger partial charge in [-0.15, -0.1) is 0 Å². The fourth-order valence-electron chi connectivity index (χ4n) is 0.665. The van der Waals surface area contributed by atoms with Gasteiger partial charge < -0.3 is 0 Å². The summed E-state index contributed by atoms with van der Waals surface area (Å²) in [5.41, 5.74) is -0.202. The smallest absolute Gasteiger partial charge is 0.166 e. The second-order valence-electron chi connectivity index (χ2n) is 2.67. The molecule has 0 aliphatic heterocycles. The van der Waals surface area contributed by atoms with Gasteiger partial charge in [0.05, 0.1) is 5.57 Å². The molecule has 0 saturated carbocycles. The third-order valence-electron chi connectivity index (χ3n) is 1.11. The Morgan fingerprint density at radius 3 is 1.67 bits per heavy atom. The van der Waals surface area contributed by atoms with E-state index in [1.54, 1.807) is 13.8 Å². The van der Waals surface area contributed by atoms with Gasteiger partial charge in [0, 0.05) is 5.03 Å². The molecule has 0 aromatic carbocycles. The Kier molecular flexibility index (Phi) is 3.84. The maximum absolute atomic E-state index is 12.1. The van der Waals surface area contributed by atoms with Crippen LogP contribution in [0.3, 0.4) is 0 Å². The third kappa shape index (κ3) is 3.81. The van der Waals surface area contributed by atoms with Gasteiger partial charge in [0.25, 0.3) is 0 Å². The van der Waals surface area contributed by atoms with Crippen molar-refractivity contribution in [2.24, 2.45) is 0 Å². The molecule has 0 aliphatic carbocycles. The zero-order chi connectivity index (χ0) is 9.94. The van der Waals surface area contributed by atoms with Crippen LogP contribution in [0.2, 0.25) is 0 Å². The molecule has 0 heterocycles. The van der Waals surface area contributed by atoms with Crippen molar-refractivity contribution in [3.8, 4) is 0 Å². The summed E-state index contributed by atoms with van der Waals surface area (Å²) in [7, 11) is 0. The van der Waals surface area contributed by atoms with Gasteiger partial charge in [-0.3, -0.25) is 0 Å². The van der Waals surface area contributed by atoms with Gasteiger partial charge in [0.2, 0.25) is 0 Å². The Labute approximate surface area is 74.7 Å². The molecular formula is C8H10ClF3. The molecule has 0 amide bonds. The lowest BCUT2D eigenvalue weighted by Crippen LogP contribution is -2.11. The highest BCUT2D eigenvalue weighted by molar-refractivity contribution is 6.29. The van der Waals surface area contributed by atoms with Crippen LogP contribution in [0, 0.1) is 0 Å².